The summed E-state index contributed by atoms with van der Waals surface area (Å²) in [5.41, 5.74) is 0.566. The van der Waals surface area contributed by atoms with E-state index in [1.165, 1.54) is 70.6 Å². The first-order valence-electron chi connectivity index (χ1n) is 9.45. The normalized spacial score (nSPS) is 11.4. The van der Waals surface area contributed by atoms with Gasteiger partial charge in [0, 0.05) is 5.88 Å². The van der Waals surface area contributed by atoms with Crippen molar-refractivity contribution < 1.29 is 0 Å². The van der Waals surface area contributed by atoms with Gasteiger partial charge in [0.1, 0.15) is 0 Å². The molecule has 0 spiro atoms. The second-order valence-corrected chi connectivity index (χ2v) is 8.04. The van der Waals surface area contributed by atoms with Crippen LogP contribution in [-0.2, 0) is 0 Å². The molecule has 1 heteroatoms. The molecule has 0 aromatic rings. The summed E-state index contributed by atoms with van der Waals surface area (Å²) in [6.45, 7) is 13.9. The predicted octanol–water partition coefficient (Wildman–Crippen LogP) is 8.22. The fourth-order valence-corrected chi connectivity index (χ4v) is 2.63. The highest BCUT2D eigenvalue weighted by Crippen LogP contribution is 2.29. The Morgan fingerprint density at radius 2 is 1.29 bits per heavy atom. The number of hydrogen-bond acceptors (Lipinski definition) is 0. The molecular formula is C20H43Cl. The minimum absolute atomic E-state index is 0.566. The van der Waals surface area contributed by atoms with E-state index in [2.05, 4.69) is 41.5 Å². The monoisotopic (exact) mass is 318 g/mol. The van der Waals surface area contributed by atoms with E-state index < -0.39 is 0 Å². The van der Waals surface area contributed by atoms with Gasteiger partial charge in [-0.05, 0) is 30.6 Å². The van der Waals surface area contributed by atoms with Crippen LogP contribution in [0.1, 0.15) is 112 Å². The molecule has 130 valence electrons. The number of halogens is 1. The summed E-state index contributed by atoms with van der Waals surface area (Å²) in [5, 5.41) is 0. The van der Waals surface area contributed by atoms with Gasteiger partial charge in [0.05, 0.1) is 0 Å². The van der Waals surface area contributed by atoms with Gasteiger partial charge < -0.3 is 0 Å². The Bertz CT molecular complexity index is 184. The average molecular weight is 319 g/mol. The van der Waals surface area contributed by atoms with Gasteiger partial charge in [-0.25, -0.2) is 0 Å². The Hall–Kier alpha value is 0.290. The summed E-state index contributed by atoms with van der Waals surface area (Å²) in [4.78, 5) is 0. The molecular weight excluding hydrogens is 276 g/mol. The number of alkyl halides is 1. The van der Waals surface area contributed by atoms with Gasteiger partial charge in [0.15, 0.2) is 0 Å². The Morgan fingerprint density at radius 1 is 0.762 bits per heavy atom. The molecule has 0 saturated carbocycles. The van der Waals surface area contributed by atoms with Gasteiger partial charge in [0.2, 0.25) is 0 Å². The standard InChI is InChI=1S/C13H27Cl.C7H16/c1-4-5-10-13(2,3)11-8-6-7-9-12-14;1-4-5-6-7(2)3/h4-12H2,1-3H3;7H,4-6H2,1-3H3. The minimum Gasteiger partial charge on any atom is -0.127 e. The zero-order valence-electron chi connectivity index (χ0n) is 15.9. The summed E-state index contributed by atoms with van der Waals surface area (Å²) < 4.78 is 0. The lowest BCUT2D eigenvalue weighted by Gasteiger charge is -2.24. The molecule has 0 rings (SSSR count). The Kier molecular flexibility index (Phi) is 18.7. The smallest absolute Gasteiger partial charge is 0.0223 e. The van der Waals surface area contributed by atoms with Gasteiger partial charge in [0.25, 0.3) is 0 Å². The maximum absolute atomic E-state index is 5.64. The second kappa shape index (κ2) is 16.7. The van der Waals surface area contributed by atoms with E-state index >= 15 is 0 Å². The molecule has 0 aliphatic heterocycles. The van der Waals surface area contributed by atoms with Crippen molar-refractivity contribution in [1.29, 1.82) is 0 Å². The van der Waals surface area contributed by atoms with Crippen LogP contribution in [0, 0.1) is 11.3 Å². The van der Waals surface area contributed by atoms with E-state index in [1.54, 1.807) is 0 Å². The van der Waals surface area contributed by atoms with Gasteiger partial charge in [-0.1, -0.05) is 92.9 Å². The van der Waals surface area contributed by atoms with E-state index in [0.29, 0.717) is 5.41 Å². The molecule has 0 nitrogen and oxygen atoms in total. The molecule has 0 aliphatic carbocycles. The molecule has 0 bridgehead atoms. The number of unbranched alkanes of at least 4 members (excludes halogenated alkanes) is 5. The van der Waals surface area contributed by atoms with E-state index in [-0.39, 0.29) is 0 Å². The largest absolute Gasteiger partial charge is 0.127 e. The lowest BCUT2D eigenvalue weighted by atomic mass is 9.82. The van der Waals surface area contributed by atoms with E-state index in [4.69, 9.17) is 11.6 Å². The topological polar surface area (TPSA) is 0 Å². The Balaban J connectivity index is 0. The molecule has 0 unspecified atom stereocenters. The summed E-state index contributed by atoms with van der Waals surface area (Å²) in [7, 11) is 0. The fourth-order valence-electron chi connectivity index (χ4n) is 2.44. The van der Waals surface area contributed by atoms with Gasteiger partial charge in [-0.3, -0.25) is 0 Å². The summed E-state index contributed by atoms with van der Waals surface area (Å²) in [5.74, 6) is 1.74. The maximum atomic E-state index is 5.64. The van der Waals surface area contributed by atoms with E-state index in [9.17, 15) is 0 Å². The third kappa shape index (κ3) is 22.7. The Morgan fingerprint density at radius 3 is 1.71 bits per heavy atom. The molecule has 0 amide bonds. The minimum atomic E-state index is 0.566. The van der Waals surface area contributed by atoms with Crippen molar-refractivity contribution in [2.24, 2.45) is 11.3 Å². The van der Waals surface area contributed by atoms with Crippen molar-refractivity contribution in [3.8, 4) is 0 Å². The molecule has 0 atom stereocenters. The lowest BCUT2D eigenvalue weighted by Crippen LogP contribution is -2.10. The molecule has 0 aliphatic rings. The zero-order valence-corrected chi connectivity index (χ0v) is 16.7. The first-order valence-corrected chi connectivity index (χ1v) is 9.99. The molecule has 0 N–H and O–H groups in total. The molecule has 0 aromatic carbocycles. The summed E-state index contributed by atoms with van der Waals surface area (Å²) in [6, 6.07) is 0. The second-order valence-electron chi connectivity index (χ2n) is 7.66. The van der Waals surface area contributed by atoms with Crippen LogP contribution in [0.3, 0.4) is 0 Å². The highest BCUT2D eigenvalue weighted by Gasteiger charge is 2.15. The molecule has 0 aromatic heterocycles. The average Bonchev–Trinajstić information content (AvgIpc) is 2.43. The van der Waals surface area contributed by atoms with Crippen LogP contribution in [-0.4, -0.2) is 5.88 Å². The van der Waals surface area contributed by atoms with E-state index in [0.717, 1.165) is 11.8 Å². The highest BCUT2D eigenvalue weighted by atomic mass is 35.5. The molecule has 0 radical (unpaired) electrons. The van der Waals surface area contributed by atoms with Crippen LogP contribution in [0.4, 0.5) is 0 Å². The quantitative estimate of drug-likeness (QED) is 0.251. The first kappa shape index (κ1) is 23.6. The van der Waals surface area contributed by atoms with E-state index in [1.807, 2.05) is 0 Å². The number of hydrogen-bond donors (Lipinski definition) is 0. The third-order valence-corrected chi connectivity index (χ3v) is 4.35. The van der Waals surface area contributed by atoms with Crippen molar-refractivity contribution in [2.75, 3.05) is 5.88 Å². The third-order valence-electron chi connectivity index (χ3n) is 4.08. The summed E-state index contributed by atoms with van der Waals surface area (Å²) in [6.07, 6.45) is 14.9. The van der Waals surface area contributed by atoms with Crippen LogP contribution in [0.15, 0.2) is 0 Å². The number of rotatable bonds is 12. The molecule has 0 heterocycles. The molecule has 0 saturated heterocycles. The van der Waals surface area contributed by atoms with Crippen LogP contribution in [0.5, 0.6) is 0 Å². The Labute approximate surface area is 141 Å². The van der Waals surface area contributed by atoms with Crippen molar-refractivity contribution in [1.82, 2.24) is 0 Å². The first-order chi connectivity index (χ1) is 9.89. The molecule has 21 heavy (non-hydrogen) atoms. The van der Waals surface area contributed by atoms with Crippen LogP contribution >= 0.6 is 11.6 Å². The van der Waals surface area contributed by atoms with Crippen molar-refractivity contribution >= 4 is 11.6 Å². The van der Waals surface area contributed by atoms with Gasteiger partial charge >= 0.3 is 0 Å². The van der Waals surface area contributed by atoms with Crippen LogP contribution in [0.2, 0.25) is 0 Å². The van der Waals surface area contributed by atoms with Crippen molar-refractivity contribution in [3.63, 3.8) is 0 Å². The summed E-state index contributed by atoms with van der Waals surface area (Å²) >= 11 is 5.64. The SMILES string of the molecule is CCCCC(C)(C)CCCCCCCl.CCCCC(C)C. The van der Waals surface area contributed by atoms with Crippen molar-refractivity contribution in [2.45, 2.75) is 112 Å². The van der Waals surface area contributed by atoms with Crippen LogP contribution < -0.4 is 0 Å². The maximum Gasteiger partial charge on any atom is 0.0223 e. The zero-order chi connectivity index (χ0) is 16.6. The fraction of sp³-hybridized carbons (Fsp3) is 1.00. The highest BCUT2D eigenvalue weighted by molar-refractivity contribution is 6.17. The van der Waals surface area contributed by atoms with Gasteiger partial charge in [-0.2, -0.15) is 0 Å². The van der Waals surface area contributed by atoms with Crippen LogP contribution in [0.25, 0.3) is 0 Å². The lowest BCUT2D eigenvalue weighted by molar-refractivity contribution is 0.286. The van der Waals surface area contributed by atoms with Crippen molar-refractivity contribution in [3.05, 3.63) is 0 Å². The predicted molar refractivity (Wildman–Crippen MR) is 101 cm³/mol. The molecule has 0 fully saturated rings. The van der Waals surface area contributed by atoms with Gasteiger partial charge in [-0.15, -0.1) is 11.6 Å².